The van der Waals surface area contributed by atoms with E-state index in [0.717, 1.165) is 29.6 Å². The van der Waals surface area contributed by atoms with E-state index in [2.05, 4.69) is 40.0 Å². The number of hydrogen-bond donors (Lipinski definition) is 1. The van der Waals surface area contributed by atoms with Crippen LogP contribution in [0.4, 0.5) is 0 Å². The van der Waals surface area contributed by atoms with Crippen molar-refractivity contribution in [3.8, 4) is 0 Å². The van der Waals surface area contributed by atoms with Crippen LogP contribution in [0.5, 0.6) is 0 Å². The summed E-state index contributed by atoms with van der Waals surface area (Å²) in [6.07, 6.45) is 7.93. The topological polar surface area (TPSA) is 56.3 Å². The van der Waals surface area contributed by atoms with Gasteiger partial charge in [-0.1, -0.05) is 19.3 Å². The zero-order valence-electron chi connectivity index (χ0n) is 13.3. The summed E-state index contributed by atoms with van der Waals surface area (Å²) in [6.45, 7) is 1.37. The minimum atomic E-state index is -0.0541. The summed E-state index contributed by atoms with van der Waals surface area (Å²) in [5, 5.41) is 4.45. The van der Waals surface area contributed by atoms with Gasteiger partial charge in [-0.3, -0.25) is 4.68 Å². The van der Waals surface area contributed by atoms with Crippen LogP contribution in [0, 0.1) is 0 Å². The molecule has 1 saturated carbocycles. The van der Waals surface area contributed by atoms with Crippen LogP contribution in [0.3, 0.4) is 0 Å². The van der Waals surface area contributed by atoms with Crippen LogP contribution >= 0.6 is 15.9 Å². The number of aromatic nitrogens is 2. The van der Waals surface area contributed by atoms with Gasteiger partial charge in [0, 0.05) is 12.6 Å². The van der Waals surface area contributed by atoms with Gasteiger partial charge >= 0.3 is 0 Å². The highest BCUT2D eigenvalue weighted by molar-refractivity contribution is 9.10. The Bertz CT molecular complexity index is 455. The van der Waals surface area contributed by atoms with E-state index in [1.54, 1.807) is 7.11 Å². The SMILES string of the molecule is COCCn1ncc(Br)c1C(N)C1(N(C)C)CCCCC1. The molecule has 2 rings (SSSR count). The van der Waals surface area contributed by atoms with Gasteiger partial charge in [0.1, 0.15) is 0 Å². The first-order chi connectivity index (χ1) is 10.0. The third-order valence-electron chi connectivity index (χ3n) is 4.82. The van der Waals surface area contributed by atoms with Crippen molar-refractivity contribution in [3.63, 3.8) is 0 Å². The van der Waals surface area contributed by atoms with E-state index in [1.165, 1.54) is 19.3 Å². The van der Waals surface area contributed by atoms with Crippen LogP contribution < -0.4 is 5.73 Å². The molecular formula is C15H27BrN4O. The molecule has 0 aliphatic heterocycles. The summed E-state index contributed by atoms with van der Waals surface area (Å²) in [7, 11) is 6.00. The molecular weight excluding hydrogens is 332 g/mol. The Morgan fingerprint density at radius 1 is 1.43 bits per heavy atom. The average Bonchev–Trinajstić information content (AvgIpc) is 2.85. The molecule has 1 aliphatic carbocycles. The molecule has 1 heterocycles. The highest BCUT2D eigenvalue weighted by Gasteiger charge is 2.42. The Morgan fingerprint density at radius 2 is 2.10 bits per heavy atom. The van der Waals surface area contributed by atoms with E-state index in [1.807, 2.05) is 10.9 Å². The lowest BCUT2D eigenvalue weighted by Crippen LogP contribution is -2.54. The maximum atomic E-state index is 6.75. The molecule has 1 atom stereocenters. The quantitative estimate of drug-likeness (QED) is 0.848. The standard InChI is InChI=1S/C15H27BrN4O/c1-19(2)15(7-5-4-6-8-15)14(17)13-12(16)11-18-20(13)9-10-21-3/h11,14H,4-10,17H2,1-3H3. The molecule has 0 radical (unpaired) electrons. The maximum Gasteiger partial charge on any atom is 0.0713 e. The average molecular weight is 359 g/mol. The predicted octanol–water partition coefficient (Wildman–Crippen LogP) is 2.56. The van der Waals surface area contributed by atoms with Crippen molar-refractivity contribution >= 4 is 15.9 Å². The summed E-state index contributed by atoms with van der Waals surface area (Å²) in [5.41, 5.74) is 7.86. The monoisotopic (exact) mass is 358 g/mol. The Labute approximate surface area is 135 Å². The molecule has 0 saturated heterocycles. The van der Waals surface area contributed by atoms with Crippen molar-refractivity contribution in [2.45, 2.75) is 50.2 Å². The molecule has 1 unspecified atom stereocenters. The van der Waals surface area contributed by atoms with Gasteiger partial charge in [-0.05, 0) is 42.9 Å². The number of hydrogen-bond acceptors (Lipinski definition) is 4. The van der Waals surface area contributed by atoms with E-state index in [9.17, 15) is 0 Å². The zero-order valence-corrected chi connectivity index (χ0v) is 14.9. The second kappa shape index (κ2) is 7.22. The molecule has 120 valence electrons. The van der Waals surface area contributed by atoms with Gasteiger partial charge in [-0.2, -0.15) is 5.10 Å². The zero-order chi connectivity index (χ0) is 15.5. The largest absolute Gasteiger partial charge is 0.383 e. The smallest absolute Gasteiger partial charge is 0.0713 e. The number of methoxy groups -OCH3 is 1. The number of halogens is 1. The highest BCUT2D eigenvalue weighted by atomic mass is 79.9. The molecule has 0 aromatic carbocycles. The van der Waals surface area contributed by atoms with Gasteiger partial charge in [-0.25, -0.2) is 0 Å². The molecule has 0 amide bonds. The maximum absolute atomic E-state index is 6.75. The van der Waals surface area contributed by atoms with Gasteiger partial charge in [0.15, 0.2) is 0 Å². The van der Waals surface area contributed by atoms with Crippen LogP contribution in [0.25, 0.3) is 0 Å². The van der Waals surface area contributed by atoms with Gasteiger partial charge < -0.3 is 15.4 Å². The molecule has 1 fully saturated rings. The fraction of sp³-hybridized carbons (Fsp3) is 0.800. The first-order valence-electron chi connectivity index (χ1n) is 7.66. The summed E-state index contributed by atoms with van der Waals surface area (Å²) < 4.78 is 8.16. The lowest BCUT2D eigenvalue weighted by Gasteiger charge is -2.47. The third kappa shape index (κ3) is 3.33. The third-order valence-corrected chi connectivity index (χ3v) is 5.43. The molecule has 1 aromatic rings. The predicted molar refractivity (Wildman–Crippen MR) is 88.2 cm³/mol. The molecule has 2 N–H and O–H groups in total. The summed E-state index contributed by atoms with van der Waals surface area (Å²) in [6, 6.07) is -0.0541. The number of ether oxygens (including phenoxy) is 1. The number of likely N-dealkylation sites (N-methyl/N-ethyl adjacent to an activating group) is 1. The minimum Gasteiger partial charge on any atom is -0.383 e. The van der Waals surface area contributed by atoms with Gasteiger partial charge in [0.25, 0.3) is 0 Å². The molecule has 0 spiro atoms. The Kier molecular flexibility index (Phi) is 5.82. The van der Waals surface area contributed by atoms with Gasteiger partial charge in [-0.15, -0.1) is 0 Å². The van der Waals surface area contributed by atoms with E-state index >= 15 is 0 Å². The fourth-order valence-electron chi connectivity index (χ4n) is 3.49. The first-order valence-corrected chi connectivity index (χ1v) is 8.45. The van der Waals surface area contributed by atoms with E-state index < -0.39 is 0 Å². The van der Waals surface area contributed by atoms with Crippen molar-refractivity contribution in [1.29, 1.82) is 0 Å². The van der Waals surface area contributed by atoms with Gasteiger partial charge in [0.05, 0.1) is 35.6 Å². The van der Waals surface area contributed by atoms with Crippen LogP contribution in [0.1, 0.15) is 43.8 Å². The van der Waals surface area contributed by atoms with Crippen molar-refractivity contribution < 1.29 is 4.74 Å². The van der Waals surface area contributed by atoms with Crippen LogP contribution in [0.15, 0.2) is 10.7 Å². The van der Waals surface area contributed by atoms with E-state index in [-0.39, 0.29) is 11.6 Å². The van der Waals surface area contributed by atoms with Crippen LogP contribution in [-0.4, -0.2) is 48.0 Å². The summed E-state index contributed by atoms with van der Waals surface area (Å²) in [5.74, 6) is 0. The summed E-state index contributed by atoms with van der Waals surface area (Å²) >= 11 is 3.63. The Morgan fingerprint density at radius 3 is 2.67 bits per heavy atom. The van der Waals surface area contributed by atoms with E-state index in [4.69, 9.17) is 10.5 Å². The summed E-state index contributed by atoms with van der Waals surface area (Å²) in [4.78, 5) is 2.32. The fourth-order valence-corrected chi connectivity index (χ4v) is 4.03. The van der Waals surface area contributed by atoms with Gasteiger partial charge in [0.2, 0.25) is 0 Å². The Balaban J connectivity index is 2.32. The molecule has 6 heteroatoms. The minimum absolute atomic E-state index is 0.0195. The highest BCUT2D eigenvalue weighted by Crippen LogP contribution is 2.42. The molecule has 1 aromatic heterocycles. The van der Waals surface area contributed by atoms with Crippen LogP contribution in [0.2, 0.25) is 0 Å². The van der Waals surface area contributed by atoms with E-state index in [0.29, 0.717) is 6.61 Å². The van der Waals surface area contributed by atoms with Crippen molar-refractivity contribution in [3.05, 3.63) is 16.4 Å². The van der Waals surface area contributed by atoms with Crippen LogP contribution in [-0.2, 0) is 11.3 Å². The molecule has 21 heavy (non-hydrogen) atoms. The first kappa shape index (κ1) is 16.9. The number of rotatable bonds is 6. The second-order valence-electron chi connectivity index (χ2n) is 6.13. The second-order valence-corrected chi connectivity index (χ2v) is 6.98. The molecule has 1 aliphatic rings. The Hall–Kier alpha value is -0.430. The lowest BCUT2D eigenvalue weighted by atomic mass is 9.74. The van der Waals surface area contributed by atoms with Crippen molar-refractivity contribution in [2.75, 3.05) is 27.8 Å². The van der Waals surface area contributed by atoms with Crippen molar-refractivity contribution in [2.24, 2.45) is 5.73 Å². The molecule has 0 bridgehead atoms. The molecule has 5 nitrogen and oxygen atoms in total. The van der Waals surface area contributed by atoms with Crippen molar-refractivity contribution in [1.82, 2.24) is 14.7 Å². The lowest BCUT2D eigenvalue weighted by molar-refractivity contribution is 0.0671. The normalized spacial score (nSPS) is 19.9. The number of nitrogens with zero attached hydrogens (tertiary/aromatic N) is 3. The number of nitrogens with two attached hydrogens (primary N) is 1.